The van der Waals surface area contributed by atoms with Gasteiger partial charge in [-0.05, 0) is 37.6 Å². The number of benzene rings is 1. The molecule has 0 atom stereocenters. The number of carboxylic acid groups (broad SMARTS) is 1. The molecule has 1 rings (SSSR count). The van der Waals surface area contributed by atoms with E-state index in [0.717, 1.165) is 5.75 Å². The van der Waals surface area contributed by atoms with E-state index in [9.17, 15) is 14.7 Å². The number of rotatable bonds is 6. The van der Waals surface area contributed by atoms with E-state index >= 15 is 0 Å². The number of nitrogens with one attached hydrogen (secondary N) is 1. The number of aliphatic carboxylic acids is 1. The Morgan fingerprint density at radius 2 is 1.83 bits per heavy atom. The minimum absolute atomic E-state index is 0. The molecular weight excluding hydrogens is 245 g/mol. The number of ether oxygens (including phenoxy) is 1. The van der Waals surface area contributed by atoms with Gasteiger partial charge in [-0.3, -0.25) is 4.79 Å². The number of carbonyl (C=O) groups is 2. The predicted molar refractivity (Wildman–Crippen MR) is 60.5 cm³/mol. The van der Waals surface area contributed by atoms with Gasteiger partial charge in [-0.2, -0.15) is 0 Å². The molecule has 0 fully saturated rings. The quantitative estimate of drug-likeness (QED) is 0.576. The summed E-state index contributed by atoms with van der Waals surface area (Å²) in [5.41, 5.74) is 0.608. The van der Waals surface area contributed by atoms with Crippen LogP contribution in [0.1, 0.15) is 19.8 Å². The maximum atomic E-state index is 11.3. The first-order chi connectivity index (χ1) is 8.11. The molecule has 5 nitrogen and oxygen atoms in total. The van der Waals surface area contributed by atoms with Gasteiger partial charge in [-0.15, -0.1) is 0 Å². The van der Waals surface area contributed by atoms with Crippen molar-refractivity contribution in [3.63, 3.8) is 0 Å². The summed E-state index contributed by atoms with van der Waals surface area (Å²) < 4.78 is 5.25. The molecule has 1 aromatic carbocycles. The molecule has 0 aliphatic heterocycles. The third kappa shape index (κ3) is 6.64. The van der Waals surface area contributed by atoms with Crippen LogP contribution in [0.3, 0.4) is 0 Å². The maximum absolute atomic E-state index is 11.3. The molecule has 0 aliphatic rings. The predicted octanol–water partition coefficient (Wildman–Crippen LogP) is -2.44. The minimum Gasteiger partial charge on any atom is -0.550 e. The van der Waals surface area contributed by atoms with Crippen molar-refractivity contribution >= 4 is 17.6 Å². The maximum Gasteiger partial charge on any atom is 1.00 e. The number of hydrogen-bond acceptors (Lipinski definition) is 4. The number of amides is 1. The van der Waals surface area contributed by atoms with Crippen LogP contribution in [0.2, 0.25) is 0 Å². The first-order valence-electron chi connectivity index (χ1n) is 5.34. The van der Waals surface area contributed by atoms with Crippen molar-refractivity contribution in [1.82, 2.24) is 0 Å². The van der Waals surface area contributed by atoms with Crippen LogP contribution < -0.4 is 44.7 Å². The summed E-state index contributed by atoms with van der Waals surface area (Å²) >= 11 is 0. The minimum atomic E-state index is -1.23. The summed E-state index contributed by atoms with van der Waals surface area (Å²) in [4.78, 5) is 21.5. The van der Waals surface area contributed by atoms with Gasteiger partial charge in [0.25, 0.3) is 0 Å². The SMILES string of the molecule is CCOc1ccc(NC(=O)CCC(=O)[O-])cc1.[Na+]. The van der Waals surface area contributed by atoms with Gasteiger partial charge >= 0.3 is 29.6 Å². The van der Waals surface area contributed by atoms with E-state index in [0.29, 0.717) is 12.3 Å². The monoisotopic (exact) mass is 259 g/mol. The van der Waals surface area contributed by atoms with Crippen molar-refractivity contribution < 1.29 is 49.0 Å². The van der Waals surface area contributed by atoms with Crippen molar-refractivity contribution in [2.24, 2.45) is 0 Å². The summed E-state index contributed by atoms with van der Waals surface area (Å²) in [7, 11) is 0. The molecule has 1 amide bonds. The molecule has 6 heteroatoms. The summed E-state index contributed by atoms with van der Waals surface area (Å²) in [5, 5.41) is 12.7. The third-order valence-electron chi connectivity index (χ3n) is 2.01. The number of carbonyl (C=O) groups excluding carboxylic acids is 2. The van der Waals surface area contributed by atoms with Crippen molar-refractivity contribution in [2.45, 2.75) is 19.8 Å². The number of hydrogen-bond donors (Lipinski definition) is 1. The van der Waals surface area contributed by atoms with Gasteiger partial charge in [0.15, 0.2) is 0 Å². The van der Waals surface area contributed by atoms with Crippen molar-refractivity contribution in [3.05, 3.63) is 24.3 Å². The van der Waals surface area contributed by atoms with Gasteiger partial charge in [-0.25, -0.2) is 0 Å². The van der Waals surface area contributed by atoms with Crippen LogP contribution in [-0.2, 0) is 9.59 Å². The Kier molecular flexibility index (Phi) is 8.45. The molecule has 0 spiro atoms. The van der Waals surface area contributed by atoms with Gasteiger partial charge in [0.2, 0.25) is 5.91 Å². The van der Waals surface area contributed by atoms with Crippen LogP contribution >= 0.6 is 0 Å². The van der Waals surface area contributed by atoms with Crippen LogP contribution in [-0.4, -0.2) is 18.5 Å². The topological polar surface area (TPSA) is 78.5 Å². The zero-order chi connectivity index (χ0) is 12.7. The molecule has 0 heterocycles. The van der Waals surface area contributed by atoms with Gasteiger partial charge in [0, 0.05) is 18.1 Å². The average molecular weight is 259 g/mol. The first-order valence-corrected chi connectivity index (χ1v) is 5.34. The number of carboxylic acids is 1. The van der Waals surface area contributed by atoms with Crippen LogP contribution in [0.25, 0.3) is 0 Å². The zero-order valence-corrected chi connectivity index (χ0v) is 12.6. The fourth-order valence-electron chi connectivity index (χ4n) is 1.24. The Labute approximate surface area is 128 Å². The van der Waals surface area contributed by atoms with E-state index in [-0.39, 0.29) is 48.3 Å². The van der Waals surface area contributed by atoms with E-state index in [2.05, 4.69) is 5.32 Å². The fraction of sp³-hybridized carbons (Fsp3) is 0.333. The molecule has 0 radical (unpaired) electrons. The summed E-state index contributed by atoms with van der Waals surface area (Å²) in [6.45, 7) is 2.47. The van der Waals surface area contributed by atoms with Gasteiger partial charge in [0.1, 0.15) is 5.75 Å². The molecule has 1 aromatic rings. The normalized spacial score (nSPS) is 9.17. The molecule has 18 heavy (non-hydrogen) atoms. The Bertz CT molecular complexity index is 392. The average Bonchev–Trinajstić information content (AvgIpc) is 2.29. The van der Waals surface area contributed by atoms with E-state index in [1.807, 2.05) is 6.92 Å². The fourth-order valence-corrected chi connectivity index (χ4v) is 1.24. The first kappa shape index (κ1) is 17.0. The standard InChI is InChI=1S/C12H15NO4.Na/c1-2-17-10-5-3-9(4-6-10)13-11(14)7-8-12(15)16;/h3-6H,2,7-8H2,1H3,(H,13,14)(H,15,16);/q;+1/p-1. The molecule has 0 saturated carbocycles. The van der Waals surface area contributed by atoms with E-state index in [1.54, 1.807) is 24.3 Å². The second kappa shape index (κ2) is 8.97. The Morgan fingerprint density at radius 3 is 2.33 bits per heavy atom. The third-order valence-corrected chi connectivity index (χ3v) is 2.01. The van der Waals surface area contributed by atoms with Gasteiger partial charge < -0.3 is 20.0 Å². The summed E-state index contributed by atoms with van der Waals surface area (Å²) in [6.07, 6.45) is -0.363. The second-order valence-corrected chi connectivity index (χ2v) is 3.38. The van der Waals surface area contributed by atoms with E-state index < -0.39 is 5.97 Å². The molecule has 1 N–H and O–H groups in total. The Balaban J connectivity index is 0.00000289. The molecule has 0 bridgehead atoms. The smallest absolute Gasteiger partial charge is 0.550 e. The van der Waals surface area contributed by atoms with Crippen LogP contribution in [0, 0.1) is 0 Å². The molecule has 92 valence electrons. The van der Waals surface area contributed by atoms with Crippen molar-refractivity contribution in [1.29, 1.82) is 0 Å². The number of anilines is 1. The van der Waals surface area contributed by atoms with E-state index in [1.165, 1.54) is 0 Å². The molecular formula is C12H14NNaO4. The Hall–Kier alpha value is -1.04. The molecule has 0 saturated heterocycles. The van der Waals surface area contributed by atoms with E-state index in [4.69, 9.17) is 4.74 Å². The van der Waals surface area contributed by atoms with Gasteiger partial charge in [0.05, 0.1) is 6.61 Å². The Morgan fingerprint density at radius 1 is 1.22 bits per heavy atom. The van der Waals surface area contributed by atoms with Crippen molar-refractivity contribution in [2.75, 3.05) is 11.9 Å². The molecule has 0 unspecified atom stereocenters. The summed E-state index contributed by atoms with van der Waals surface area (Å²) in [5.74, 6) is -0.856. The van der Waals surface area contributed by atoms with Crippen LogP contribution in [0.15, 0.2) is 24.3 Å². The zero-order valence-electron chi connectivity index (χ0n) is 10.6. The summed E-state index contributed by atoms with van der Waals surface area (Å²) in [6, 6.07) is 6.86. The second-order valence-electron chi connectivity index (χ2n) is 3.38. The van der Waals surface area contributed by atoms with Crippen LogP contribution in [0.4, 0.5) is 5.69 Å². The molecule has 0 aromatic heterocycles. The largest absolute Gasteiger partial charge is 1.00 e. The van der Waals surface area contributed by atoms with Crippen LogP contribution in [0.5, 0.6) is 5.75 Å². The molecule has 0 aliphatic carbocycles. The van der Waals surface area contributed by atoms with Crippen molar-refractivity contribution in [3.8, 4) is 5.75 Å². The van der Waals surface area contributed by atoms with Gasteiger partial charge in [-0.1, -0.05) is 0 Å².